The molecule has 22 heteroatoms. The topological polar surface area (TPSA) is 196 Å². The number of pyridine rings is 2. The van der Waals surface area contributed by atoms with E-state index in [4.69, 9.17) is 28.4 Å². The summed E-state index contributed by atoms with van der Waals surface area (Å²) in [6, 6.07) is 41.2. The summed E-state index contributed by atoms with van der Waals surface area (Å²) in [7, 11) is 0. The van der Waals surface area contributed by atoms with Gasteiger partial charge >= 0.3 is 0 Å². The molecule has 4 amide bonds. The predicted octanol–water partition coefficient (Wildman–Crippen LogP) is 8.05. The van der Waals surface area contributed by atoms with Crippen molar-refractivity contribution in [3.63, 3.8) is 0 Å². The van der Waals surface area contributed by atoms with Gasteiger partial charge in [-0.2, -0.15) is 0 Å². The van der Waals surface area contributed by atoms with Crippen molar-refractivity contribution in [2.45, 2.75) is 129 Å². The van der Waals surface area contributed by atoms with Gasteiger partial charge in [0, 0.05) is 112 Å². The Kier molecular flexibility index (Phi) is 26.8. The third kappa shape index (κ3) is 19.2. The first kappa shape index (κ1) is 74.3. The van der Waals surface area contributed by atoms with Gasteiger partial charge in [0.05, 0.1) is 82.8 Å². The Labute approximate surface area is 590 Å². The first-order valence-corrected chi connectivity index (χ1v) is 35.3. The van der Waals surface area contributed by atoms with E-state index in [1.54, 1.807) is 12.4 Å². The van der Waals surface area contributed by atoms with Crippen LogP contribution < -0.4 is 29.1 Å². The largest absolute Gasteiger partial charge is 0.489 e. The average molecular weight is 1380 g/mol. The third-order valence-electron chi connectivity index (χ3n) is 19.7. The molecule has 99 heavy (non-hydrogen) atoms. The number of carbonyl (C=O) groups is 4. The fraction of sp³-hybridized carbons (Fsp3) is 0.506. The van der Waals surface area contributed by atoms with E-state index < -0.39 is 0 Å². The number of rotatable bonds is 16. The van der Waals surface area contributed by atoms with Crippen LogP contribution in [0.1, 0.15) is 74.7 Å². The third-order valence-corrected chi connectivity index (χ3v) is 19.7. The second kappa shape index (κ2) is 35.8. The number of aryl methyl sites for hydroxylation is 2. The molecule has 4 saturated heterocycles. The summed E-state index contributed by atoms with van der Waals surface area (Å²) < 4.78 is 34.6. The Hall–Kier alpha value is -7.41. The number of hydrogen-bond donors (Lipinski definition) is 1. The fourth-order valence-corrected chi connectivity index (χ4v) is 14.7. The molecule has 0 aliphatic carbocycles. The van der Waals surface area contributed by atoms with Crippen LogP contribution in [0.4, 0.5) is 22.7 Å². The SMILES string of the molecule is CC[C@@H]1CN(CC(=O)N2c3ccccc3CC2C)CCO1.C[C@@H]1Cc2ccccc2N1C(=O)CN1CCO[C@H](CO)C1.Cc1ncccc1OC[C@@H]1CN(CC(=O)N2c3ccccc3CC2C)CCO1.Cc1ncccc1OC[C@H]1CN(CC(=O)N2c3ccccc3CC2C)CCO1.Cl. The molecule has 1 N–H and O–H groups in total. The fourth-order valence-electron chi connectivity index (χ4n) is 14.7. The molecule has 21 nitrogen and oxygen atoms in total. The lowest BCUT2D eigenvalue weighted by molar-refractivity contribution is -0.123. The van der Waals surface area contributed by atoms with Gasteiger partial charge in [0.2, 0.25) is 23.6 Å². The van der Waals surface area contributed by atoms with Crippen LogP contribution >= 0.6 is 12.4 Å². The maximum atomic E-state index is 13.0. The number of hydrogen-bond acceptors (Lipinski definition) is 17. The summed E-state index contributed by atoms with van der Waals surface area (Å²) in [5.41, 5.74) is 11.0. The lowest BCUT2D eigenvalue weighted by atomic mass is 10.1. The molecule has 2 aromatic heterocycles. The summed E-state index contributed by atoms with van der Waals surface area (Å²) >= 11 is 0. The van der Waals surface area contributed by atoms with Gasteiger partial charge in [-0.15, -0.1) is 12.4 Å². The van der Waals surface area contributed by atoms with E-state index in [1.807, 2.05) is 124 Å². The molecule has 3 unspecified atom stereocenters. The standard InChI is InChI=1S/2C22H27N3O3.C17H24N2O2.C16H22N2O3.ClH/c2*1-16-12-18-6-3-4-7-20(18)25(16)22(26)14-24-10-11-27-19(13-24)15-28-21-8-5-9-23-17(21)2;1-3-15-11-18(8-9-21-15)12-17(20)19-13(2)10-14-6-4-5-7-16(14)19;1-12-8-13-4-2-3-5-15(13)18(12)16(20)10-17-6-7-21-14(9-17)11-19;/h2*3-9,16,19H,10-15H2,1-2H3;4-7,13,15H,3,8-12H2,1-2H3;2-5,12,14,19H,6-11H2,1H3;1H/t2*16?,19-;13?,15-;12-,14+;/m1011./s1. The smallest absolute Gasteiger partial charge is 0.241 e. The first-order chi connectivity index (χ1) is 47.6. The van der Waals surface area contributed by atoms with Gasteiger partial charge in [-0.1, -0.05) is 79.7 Å². The molecule has 4 fully saturated rings. The van der Waals surface area contributed by atoms with Crippen molar-refractivity contribution >= 4 is 58.8 Å². The van der Waals surface area contributed by atoms with Crippen molar-refractivity contribution in [1.82, 2.24) is 29.6 Å². The highest BCUT2D eigenvalue weighted by molar-refractivity contribution is 5.99. The van der Waals surface area contributed by atoms with Crippen molar-refractivity contribution in [3.8, 4) is 11.5 Å². The van der Waals surface area contributed by atoms with Crippen LogP contribution in [-0.4, -0.2) is 232 Å². The molecule has 4 aromatic carbocycles. The highest BCUT2D eigenvalue weighted by atomic mass is 35.5. The minimum atomic E-state index is -0.171. The summed E-state index contributed by atoms with van der Waals surface area (Å²) in [6.45, 7) is 25.6. The molecular formula is C77H101ClN10O11. The average Bonchev–Trinajstić information content (AvgIpc) is 1.67. The molecular weight excluding hydrogens is 1280 g/mol. The van der Waals surface area contributed by atoms with Crippen LogP contribution in [0.25, 0.3) is 0 Å². The summed E-state index contributed by atoms with van der Waals surface area (Å²) in [6.07, 6.45) is 8.24. The number of aromatic nitrogens is 2. The number of benzene rings is 4. The van der Waals surface area contributed by atoms with Crippen molar-refractivity contribution in [1.29, 1.82) is 0 Å². The second-order valence-electron chi connectivity index (χ2n) is 27.1. The van der Waals surface area contributed by atoms with Crippen LogP contribution in [0.3, 0.4) is 0 Å². The number of aliphatic hydroxyl groups is 1. The van der Waals surface area contributed by atoms with Gasteiger partial charge in [-0.3, -0.25) is 48.7 Å². The summed E-state index contributed by atoms with van der Waals surface area (Å²) in [4.78, 5) is 76.4. The maximum absolute atomic E-state index is 13.0. The van der Waals surface area contributed by atoms with E-state index in [0.717, 1.165) is 117 Å². The predicted molar refractivity (Wildman–Crippen MR) is 387 cm³/mol. The van der Waals surface area contributed by atoms with E-state index in [0.29, 0.717) is 78.8 Å². The van der Waals surface area contributed by atoms with Crippen LogP contribution in [0.5, 0.6) is 11.5 Å². The number of fused-ring (bicyclic) bond motifs is 4. The second-order valence-corrected chi connectivity index (χ2v) is 27.1. The highest BCUT2D eigenvalue weighted by Crippen LogP contribution is 2.36. The minimum Gasteiger partial charge on any atom is -0.489 e. The molecule has 14 rings (SSSR count). The Morgan fingerprint density at radius 2 is 0.707 bits per heavy atom. The van der Waals surface area contributed by atoms with Crippen LogP contribution in [-0.2, 0) is 63.8 Å². The molecule has 0 bridgehead atoms. The Bertz CT molecular complexity index is 3410. The Balaban J connectivity index is 0.000000144. The van der Waals surface area contributed by atoms with Gasteiger partial charge in [0.1, 0.15) is 36.9 Å². The quantitative estimate of drug-likeness (QED) is 0.0977. The number of morpholine rings is 4. The summed E-state index contributed by atoms with van der Waals surface area (Å²) in [5, 5.41) is 9.18. The number of nitrogens with zero attached hydrogens (tertiary/aromatic N) is 10. The van der Waals surface area contributed by atoms with Gasteiger partial charge < -0.3 is 53.1 Å². The number of para-hydroxylation sites is 4. The summed E-state index contributed by atoms with van der Waals surface area (Å²) in [5.74, 6) is 2.21. The molecule has 0 saturated carbocycles. The lowest BCUT2D eigenvalue weighted by Crippen LogP contribution is -2.50. The zero-order valence-electron chi connectivity index (χ0n) is 58.7. The molecule has 8 atom stereocenters. The van der Waals surface area contributed by atoms with Crippen molar-refractivity contribution in [2.24, 2.45) is 0 Å². The van der Waals surface area contributed by atoms with Crippen molar-refractivity contribution < 1.29 is 52.7 Å². The first-order valence-electron chi connectivity index (χ1n) is 35.3. The number of anilines is 4. The minimum absolute atomic E-state index is 0. The van der Waals surface area contributed by atoms with E-state index in [2.05, 4.69) is 94.5 Å². The molecule has 8 aliphatic heterocycles. The highest BCUT2D eigenvalue weighted by Gasteiger charge is 2.37. The molecule has 8 aliphatic rings. The van der Waals surface area contributed by atoms with Gasteiger partial charge in [-0.25, -0.2) is 0 Å². The van der Waals surface area contributed by atoms with Crippen LogP contribution in [0.2, 0.25) is 0 Å². The van der Waals surface area contributed by atoms with Gasteiger partial charge in [0.15, 0.2) is 0 Å². The maximum Gasteiger partial charge on any atom is 0.241 e. The zero-order chi connectivity index (χ0) is 68.7. The van der Waals surface area contributed by atoms with E-state index in [-0.39, 0.29) is 91.2 Å². The van der Waals surface area contributed by atoms with E-state index in [9.17, 15) is 24.3 Å². The number of ether oxygens (including phenoxy) is 6. The molecule has 6 aromatic rings. The van der Waals surface area contributed by atoms with E-state index >= 15 is 0 Å². The van der Waals surface area contributed by atoms with E-state index in [1.165, 1.54) is 22.3 Å². The molecule has 0 spiro atoms. The number of amides is 4. The molecule has 10 heterocycles. The lowest BCUT2D eigenvalue weighted by Gasteiger charge is -2.34. The normalized spacial score (nSPS) is 23.5. The monoisotopic (exact) mass is 1380 g/mol. The number of aliphatic hydroxyl groups excluding tert-OH is 1. The van der Waals surface area contributed by atoms with Gasteiger partial charge in [-0.05, 0) is 144 Å². The van der Waals surface area contributed by atoms with Crippen LogP contribution in [0, 0.1) is 13.8 Å². The van der Waals surface area contributed by atoms with Gasteiger partial charge in [0.25, 0.3) is 0 Å². The van der Waals surface area contributed by atoms with Crippen molar-refractivity contribution in [3.05, 3.63) is 167 Å². The van der Waals surface area contributed by atoms with Crippen molar-refractivity contribution in [2.75, 3.05) is 144 Å². The molecule has 0 radical (unpaired) electrons. The molecule has 532 valence electrons. The Morgan fingerprint density at radius 1 is 0.424 bits per heavy atom. The number of carbonyl (C=O) groups excluding carboxylic acids is 4. The zero-order valence-corrected chi connectivity index (χ0v) is 59.5. The van der Waals surface area contributed by atoms with Crippen LogP contribution in [0.15, 0.2) is 134 Å². The number of halogens is 1. The Morgan fingerprint density at radius 3 is 1.01 bits per heavy atom.